The molecule has 0 bridgehead atoms. The summed E-state index contributed by atoms with van der Waals surface area (Å²) >= 11 is 0. The summed E-state index contributed by atoms with van der Waals surface area (Å²) in [5.41, 5.74) is 7.28. The van der Waals surface area contributed by atoms with Crippen molar-refractivity contribution in [2.75, 3.05) is 7.11 Å². The van der Waals surface area contributed by atoms with Gasteiger partial charge in [0.15, 0.2) is 11.6 Å². The maximum atomic E-state index is 12.8. The van der Waals surface area contributed by atoms with Gasteiger partial charge in [0, 0.05) is 12.3 Å². The molecule has 8 atom stereocenters. The van der Waals surface area contributed by atoms with Crippen molar-refractivity contribution in [3.8, 4) is 5.75 Å². The maximum Gasteiger partial charge on any atom is 0.373 e. The average Bonchev–Trinajstić information content (AvgIpc) is 3.77. The number of carbonyl (C=O) groups excluding carboxylic acids is 5. The second kappa shape index (κ2) is 31.6. The van der Waals surface area contributed by atoms with E-state index in [0.29, 0.717) is 42.6 Å². The van der Waals surface area contributed by atoms with Crippen LogP contribution in [0.1, 0.15) is 149 Å². The second-order valence-electron chi connectivity index (χ2n) is 19.0. The number of carbonyl (C=O) groups is 2. The number of carboxylic acid groups (broad SMARTS) is 1. The SMILES string of the molecule is C.C.COc1ccc(COC(/C=C\C[C@H](C)O)[C@H]2OC(C)(C)O[C@H]2C/C=C/c2cc(C)cc(C)c2C(=O)O)cc1.Cc1cc(C)c2c(c1)C=CC[C@@H]1OC(C)(C)O[C@@H]1C(C)/C=C\C[C@H](C)OC2=O.O=C=O.O=C=O. The van der Waals surface area contributed by atoms with Crippen LogP contribution < -0.4 is 4.74 Å². The molecule has 2 unspecified atom stereocenters. The molecule has 0 saturated carbocycles. The first-order valence-electron chi connectivity index (χ1n) is 23.9. The Morgan fingerprint density at radius 3 is 2.05 bits per heavy atom. The van der Waals surface area contributed by atoms with Gasteiger partial charge in [-0.1, -0.05) is 118 Å². The third kappa shape index (κ3) is 21.0. The maximum absolute atomic E-state index is 12.8. The molecule has 2 fully saturated rings. The summed E-state index contributed by atoms with van der Waals surface area (Å²) in [5.74, 6) is -1.62. The Bertz CT molecular complexity index is 2420. The number of esters is 1. The number of benzene rings is 3. The number of carboxylic acids is 1. The number of hydrogen-bond acceptors (Lipinski definition) is 14. The first-order valence-corrected chi connectivity index (χ1v) is 23.9. The Balaban J connectivity index is 0.000000673. The molecule has 0 aliphatic carbocycles. The zero-order valence-corrected chi connectivity index (χ0v) is 43.6. The summed E-state index contributed by atoms with van der Waals surface area (Å²) in [4.78, 5) is 57.2. The number of fused-ring (bicyclic) bond motifs is 2. The van der Waals surface area contributed by atoms with Crippen LogP contribution in [0.25, 0.3) is 12.2 Å². The lowest BCUT2D eigenvalue weighted by molar-refractivity contribution is -0.193. The van der Waals surface area contributed by atoms with Crippen LogP contribution in [0.15, 0.2) is 85.0 Å². The number of ether oxygens (including phenoxy) is 7. The van der Waals surface area contributed by atoms with E-state index in [2.05, 4.69) is 25.2 Å². The Morgan fingerprint density at radius 1 is 0.838 bits per heavy atom. The minimum atomic E-state index is -0.947. The zero-order valence-electron chi connectivity index (χ0n) is 43.6. The highest BCUT2D eigenvalue weighted by Crippen LogP contribution is 2.36. The van der Waals surface area contributed by atoms with E-state index in [1.807, 2.05) is 141 Å². The Labute approximate surface area is 438 Å². The van der Waals surface area contributed by atoms with Gasteiger partial charge in [0.2, 0.25) is 0 Å². The predicted molar refractivity (Wildman–Crippen MR) is 282 cm³/mol. The third-order valence-corrected chi connectivity index (χ3v) is 11.7. The van der Waals surface area contributed by atoms with E-state index in [4.69, 9.17) is 52.3 Å². The molecule has 0 amide bonds. The van der Waals surface area contributed by atoms with Crippen LogP contribution in [0.2, 0.25) is 0 Å². The van der Waals surface area contributed by atoms with Gasteiger partial charge in [-0.2, -0.15) is 19.2 Å². The lowest BCUT2D eigenvalue weighted by Gasteiger charge is -2.24. The van der Waals surface area contributed by atoms with Crippen LogP contribution in [-0.2, 0) is 54.2 Å². The van der Waals surface area contributed by atoms with Crippen molar-refractivity contribution >= 4 is 36.4 Å². The van der Waals surface area contributed by atoms with E-state index in [-0.39, 0.29) is 63.5 Å². The van der Waals surface area contributed by atoms with Crippen molar-refractivity contribution < 1.29 is 72.1 Å². The number of aliphatic hydroxyl groups excluding tert-OH is 1. The molecule has 3 aliphatic heterocycles. The smallest absolute Gasteiger partial charge is 0.373 e. The first kappa shape index (κ1) is 65.9. The van der Waals surface area contributed by atoms with Crippen LogP contribution in [0, 0.1) is 33.6 Å². The molecule has 0 radical (unpaired) electrons. The summed E-state index contributed by atoms with van der Waals surface area (Å²) in [7, 11) is 1.63. The lowest BCUT2D eigenvalue weighted by Crippen LogP contribution is -2.36. The summed E-state index contributed by atoms with van der Waals surface area (Å²) < 4.78 is 42.2. The monoisotopic (exact) mass is 1030 g/mol. The van der Waals surface area contributed by atoms with E-state index >= 15 is 0 Å². The fraction of sp³-hybridized carbons (Fsp3) is 0.492. The molecular formula is C59H80O15. The highest BCUT2D eigenvalue weighted by molar-refractivity contribution is 5.95. The number of aryl methyl sites for hydroxylation is 4. The summed E-state index contributed by atoms with van der Waals surface area (Å²) in [6.07, 6.45) is 17.0. The summed E-state index contributed by atoms with van der Waals surface area (Å²) in [5, 5.41) is 19.4. The minimum absolute atomic E-state index is 0. The number of aromatic carboxylic acids is 1. The van der Waals surface area contributed by atoms with Crippen LogP contribution in [0.4, 0.5) is 0 Å². The molecule has 2 saturated heterocycles. The van der Waals surface area contributed by atoms with E-state index in [1.54, 1.807) is 14.0 Å². The highest BCUT2D eigenvalue weighted by Gasteiger charge is 2.45. The minimum Gasteiger partial charge on any atom is -0.497 e. The molecule has 0 aromatic heterocycles. The highest BCUT2D eigenvalue weighted by atomic mass is 16.8. The van der Waals surface area contributed by atoms with Crippen LogP contribution >= 0.6 is 0 Å². The number of methoxy groups -OCH3 is 1. The van der Waals surface area contributed by atoms with Gasteiger partial charge < -0.3 is 43.4 Å². The standard InChI is InChI=1S/C31H40O7.C24H32O4.2CO2.2CH4/c1-20-17-21(2)28(30(33)34)24(18-20)10-8-12-27-29(38-31(4,5)37-27)26(11-7-9-22(3)32)36-19-23-13-15-25(35-6)16-14-23;1-15-13-17(3)21-19(14-15)11-8-12-20-22(28-24(5,6)27-20)16(2)9-7-10-18(4)26-23(21)25;2*2-1-3;;/h7-8,10-11,13-18,22,26-27,29,32H,9,12,19H2,1-6H3,(H,33,34);7-9,11,13-14,16,18,20,22H,10,12H2,1-6H3;;;2*1H4/b10-8+,11-7-;9-7-,11-8?;;;;/t22-,26?,27-,29+;16?,18-,20-,22+;;;;/m00..../s1. The summed E-state index contributed by atoms with van der Waals surface area (Å²) in [6, 6.07) is 15.5. The van der Waals surface area contributed by atoms with Gasteiger partial charge in [-0.3, -0.25) is 0 Å². The molecule has 74 heavy (non-hydrogen) atoms. The molecule has 406 valence electrons. The molecular weight excluding hydrogens is 949 g/mol. The molecule has 3 heterocycles. The first-order chi connectivity index (χ1) is 34.0. The van der Waals surface area contributed by atoms with E-state index in [9.17, 15) is 19.8 Å². The van der Waals surface area contributed by atoms with Gasteiger partial charge in [-0.05, 0) is 128 Å². The molecule has 0 spiro atoms. The van der Waals surface area contributed by atoms with Crippen molar-refractivity contribution in [3.05, 3.63) is 135 Å². The fourth-order valence-corrected chi connectivity index (χ4v) is 8.78. The van der Waals surface area contributed by atoms with Crippen LogP contribution in [-0.4, -0.2) is 95.9 Å². The van der Waals surface area contributed by atoms with E-state index < -0.39 is 35.9 Å². The number of hydrogen-bond donors (Lipinski definition) is 2. The molecule has 3 aromatic rings. The van der Waals surface area contributed by atoms with Crippen molar-refractivity contribution in [2.45, 2.75) is 178 Å². The quantitative estimate of drug-likeness (QED) is 0.128. The molecule has 15 nitrogen and oxygen atoms in total. The van der Waals surface area contributed by atoms with Crippen LogP contribution in [0.5, 0.6) is 5.75 Å². The second-order valence-corrected chi connectivity index (χ2v) is 19.0. The molecule has 6 rings (SSSR count). The van der Waals surface area contributed by atoms with Gasteiger partial charge in [0.1, 0.15) is 24.1 Å². The molecule has 15 heteroatoms. The van der Waals surface area contributed by atoms with Gasteiger partial charge in [-0.25, -0.2) is 9.59 Å². The summed E-state index contributed by atoms with van der Waals surface area (Å²) in [6.45, 7) is 21.6. The Morgan fingerprint density at radius 2 is 1.45 bits per heavy atom. The Kier molecular flexibility index (Phi) is 28.1. The van der Waals surface area contributed by atoms with E-state index in [1.165, 1.54) is 0 Å². The van der Waals surface area contributed by atoms with Gasteiger partial charge >= 0.3 is 24.2 Å². The lowest BCUT2D eigenvalue weighted by atomic mass is 9.95. The van der Waals surface area contributed by atoms with Crippen molar-refractivity contribution in [2.24, 2.45) is 5.92 Å². The van der Waals surface area contributed by atoms with Gasteiger partial charge in [0.05, 0.1) is 49.3 Å². The largest absolute Gasteiger partial charge is 0.497 e. The normalized spacial score (nSPS) is 22.7. The average molecular weight is 1030 g/mol. The van der Waals surface area contributed by atoms with Gasteiger partial charge in [0.25, 0.3) is 0 Å². The number of rotatable bonds is 12. The van der Waals surface area contributed by atoms with Crippen molar-refractivity contribution in [3.63, 3.8) is 0 Å². The zero-order chi connectivity index (χ0) is 53.8. The molecule has 3 aliphatic rings. The number of aliphatic hydroxyl groups is 1. The van der Waals surface area contributed by atoms with Gasteiger partial charge in [-0.15, -0.1) is 0 Å². The van der Waals surface area contributed by atoms with Crippen molar-refractivity contribution in [1.29, 1.82) is 0 Å². The Hall–Kier alpha value is -6.12. The predicted octanol–water partition coefficient (Wildman–Crippen LogP) is 11.3. The van der Waals surface area contributed by atoms with Crippen LogP contribution in [0.3, 0.4) is 0 Å². The topological polar surface area (TPSA) is 207 Å². The third-order valence-electron chi connectivity index (χ3n) is 11.7. The fourth-order valence-electron chi connectivity index (χ4n) is 8.78. The van der Waals surface area contributed by atoms with E-state index in [0.717, 1.165) is 45.6 Å². The molecule has 2 N–H and O–H groups in total. The van der Waals surface area contributed by atoms with Crippen molar-refractivity contribution in [1.82, 2.24) is 0 Å². The molecule has 3 aromatic carbocycles. The number of cyclic esters (lactones) is 1.